The molecule has 1 nitrogen and oxygen atoms in total. The van der Waals surface area contributed by atoms with Gasteiger partial charge in [0.1, 0.15) is 0 Å². The molecule has 0 amide bonds. The van der Waals surface area contributed by atoms with Gasteiger partial charge in [0.25, 0.3) is 0 Å². The monoisotopic (exact) mass is 291 g/mol. The summed E-state index contributed by atoms with van der Waals surface area (Å²) in [6.45, 7) is 7.18. The number of para-hydroxylation sites is 1. The van der Waals surface area contributed by atoms with Crippen molar-refractivity contribution in [2.75, 3.05) is 0 Å². The molecule has 1 aromatic heterocycles. The molecule has 17 heavy (non-hydrogen) atoms. The molecule has 0 spiro atoms. The maximum atomic E-state index is 2.46. The van der Waals surface area contributed by atoms with E-state index < -0.39 is 13.3 Å². The molecule has 0 radical (unpaired) electrons. The summed E-state index contributed by atoms with van der Waals surface area (Å²) in [7, 11) is 2.25. The van der Waals surface area contributed by atoms with E-state index >= 15 is 0 Å². The Kier molecular flexibility index (Phi) is 3.67. The topological polar surface area (TPSA) is 4.93 Å². The predicted molar refractivity (Wildman–Crippen MR) is 79.8 cm³/mol. The van der Waals surface area contributed by atoms with Crippen LogP contribution in [0.1, 0.15) is 20.8 Å². The van der Waals surface area contributed by atoms with Crippen LogP contribution in [0.3, 0.4) is 0 Å². The van der Waals surface area contributed by atoms with Crippen molar-refractivity contribution < 1.29 is 0 Å². The van der Waals surface area contributed by atoms with Gasteiger partial charge in [0.15, 0.2) is 0 Å². The number of hydrogen-bond donors (Lipinski definition) is 0. The van der Waals surface area contributed by atoms with Crippen molar-refractivity contribution in [2.24, 2.45) is 7.05 Å². The van der Waals surface area contributed by atoms with Crippen molar-refractivity contribution in [3.63, 3.8) is 0 Å². The molecule has 0 fully saturated rings. The molecule has 0 aliphatic rings. The van der Waals surface area contributed by atoms with Crippen molar-refractivity contribution >= 4 is 28.7 Å². The fourth-order valence-corrected chi connectivity index (χ4v) is 11.2. The molecule has 0 unspecified atom stereocenters. The van der Waals surface area contributed by atoms with Gasteiger partial charge in [0, 0.05) is 0 Å². The molecule has 2 rings (SSSR count). The van der Waals surface area contributed by atoms with Crippen LogP contribution < -0.4 is 4.53 Å². The van der Waals surface area contributed by atoms with Crippen LogP contribution in [0.4, 0.5) is 0 Å². The Balaban J connectivity index is 2.65. The molecule has 2 aromatic rings. The first kappa shape index (κ1) is 12.8. The molecular formula is C15H23GeN. The average Bonchev–Trinajstić information content (AvgIpc) is 2.72. The first-order valence-electron chi connectivity index (χ1n) is 6.73. The van der Waals surface area contributed by atoms with Crippen molar-refractivity contribution in [2.45, 2.75) is 36.5 Å². The third kappa shape index (κ3) is 1.95. The SMILES string of the molecule is C[CH2][Ge]([CH2]C)([CH2]C)[c]1cc2ccccc2n1C. The van der Waals surface area contributed by atoms with Crippen LogP contribution in [-0.4, -0.2) is 17.8 Å². The van der Waals surface area contributed by atoms with Gasteiger partial charge >= 0.3 is 107 Å². The third-order valence-corrected chi connectivity index (χ3v) is 16.3. The molecule has 0 aliphatic heterocycles. The van der Waals surface area contributed by atoms with E-state index in [1.54, 1.807) is 4.53 Å². The molecule has 0 atom stereocenters. The van der Waals surface area contributed by atoms with E-state index in [9.17, 15) is 0 Å². The predicted octanol–water partition coefficient (Wildman–Crippen LogP) is 3.89. The van der Waals surface area contributed by atoms with Crippen LogP contribution in [0.5, 0.6) is 0 Å². The summed E-state index contributed by atoms with van der Waals surface area (Å²) in [5.41, 5.74) is 1.40. The van der Waals surface area contributed by atoms with Gasteiger partial charge in [-0.2, -0.15) is 0 Å². The molecule has 0 saturated heterocycles. The van der Waals surface area contributed by atoms with E-state index in [4.69, 9.17) is 0 Å². The van der Waals surface area contributed by atoms with Crippen molar-refractivity contribution in [3.05, 3.63) is 30.3 Å². The zero-order valence-electron chi connectivity index (χ0n) is 11.5. The van der Waals surface area contributed by atoms with Crippen molar-refractivity contribution in [1.29, 1.82) is 0 Å². The third-order valence-electron chi connectivity index (χ3n) is 4.53. The fraction of sp³-hybridized carbons (Fsp3) is 0.467. The van der Waals surface area contributed by atoms with Crippen molar-refractivity contribution in [3.8, 4) is 0 Å². The van der Waals surface area contributed by atoms with Gasteiger partial charge in [-0.1, -0.05) is 0 Å². The van der Waals surface area contributed by atoms with Gasteiger partial charge in [-0.15, -0.1) is 0 Å². The zero-order valence-corrected chi connectivity index (χ0v) is 13.6. The standard InChI is InChI=1S/C15H23GeN/c1-5-16(6-2,7-3)15-12-13-10-8-9-11-14(13)17(15)4/h8-12H,5-7H2,1-4H3. The number of aromatic nitrogens is 1. The average molecular weight is 290 g/mol. The van der Waals surface area contributed by atoms with Crippen LogP contribution >= 0.6 is 0 Å². The molecule has 2 heteroatoms. The molecule has 1 aromatic carbocycles. The number of aryl methyl sites for hydroxylation is 1. The second-order valence-electron chi connectivity index (χ2n) is 4.99. The number of hydrogen-bond acceptors (Lipinski definition) is 0. The summed E-state index contributed by atoms with van der Waals surface area (Å²) >= 11 is -1.82. The Morgan fingerprint density at radius 1 is 1.00 bits per heavy atom. The van der Waals surface area contributed by atoms with Crippen molar-refractivity contribution in [1.82, 2.24) is 4.57 Å². The number of nitrogens with zero attached hydrogens (tertiary/aromatic N) is 1. The Labute approximate surface area is 107 Å². The van der Waals surface area contributed by atoms with Gasteiger partial charge in [0.05, 0.1) is 0 Å². The fourth-order valence-electron chi connectivity index (χ4n) is 3.09. The zero-order chi connectivity index (χ0) is 12.5. The number of rotatable bonds is 4. The first-order chi connectivity index (χ1) is 8.18. The molecule has 0 aliphatic carbocycles. The maximum absolute atomic E-state index is 2.46. The summed E-state index contributed by atoms with van der Waals surface area (Å²) in [6.07, 6.45) is 0. The summed E-state index contributed by atoms with van der Waals surface area (Å²) in [6, 6.07) is 11.2. The minimum atomic E-state index is -1.82. The van der Waals surface area contributed by atoms with Gasteiger partial charge in [-0.3, -0.25) is 0 Å². The quantitative estimate of drug-likeness (QED) is 0.753. The second-order valence-corrected chi connectivity index (χ2v) is 15.9. The van der Waals surface area contributed by atoms with Crippen LogP contribution in [0.25, 0.3) is 10.9 Å². The Morgan fingerprint density at radius 3 is 2.12 bits per heavy atom. The van der Waals surface area contributed by atoms with Crippen LogP contribution in [0, 0.1) is 0 Å². The normalized spacial score (nSPS) is 12.2. The second kappa shape index (κ2) is 4.89. The van der Waals surface area contributed by atoms with Crippen LogP contribution in [0.2, 0.25) is 15.8 Å². The summed E-state index contributed by atoms with van der Waals surface area (Å²) in [5, 5.41) is 5.61. The molecular weight excluding hydrogens is 267 g/mol. The van der Waals surface area contributed by atoms with Gasteiger partial charge in [0.2, 0.25) is 0 Å². The Bertz CT molecular complexity index is 500. The van der Waals surface area contributed by atoms with E-state index in [1.165, 1.54) is 26.7 Å². The van der Waals surface area contributed by atoms with Crippen LogP contribution in [0.15, 0.2) is 30.3 Å². The molecule has 0 saturated carbocycles. The van der Waals surface area contributed by atoms with E-state index in [1.807, 2.05) is 0 Å². The molecule has 92 valence electrons. The van der Waals surface area contributed by atoms with E-state index in [0.29, 0.717) is 0 Å². The Morgan fingerprint density at radius 2 is 1.59 bits per heavy atom. The van der Waals surface area contributed by atoms with E-state index in [-0.39, 0.29) is 0 Å². The number of benzene rings is 1. The molecule has 0 N–H and O–H groups in total. The van der Waals surface area contributed by atoms with Crippen LogP contribution in [-0.2, 0) is 7.05 Å². The number of fused-ring (bicyclic) bond motifs is 1. The first-order valence-corrected chi connectivity index (χ1v) is 12.2. The summed E-state index contributed by atoms with van der Waals surface area (Å²) < 4.78 is 4.14. The summed E-state index contributed by atoms with van der Waals surface area (Å²) in [5.74, 6) is 0. The van der Waals surface area contributed by atoms with Gasteiger partial charge < -0.3 is 0 Å². The van der Waals surface area contributed by atoms with E-state index in [0.717, 1.165) is 0 Å². The minimum absolute atomic E-state index is 1.40. The van der Waals surface area contributed by atoms with Gasteiger partial charge in [-0.05, 0) is 0 Å². The molecule has 1 heterocycles. The van der Waals surface area contributed by atoms with E-state index in [2.05, 4.69) is 62.7 Å². The Hall–Kier alpha value is -0.697. The summed E-state index contributed by atoms with van der Waals surface area (Å²) in [4.78, 5) is 0. The molecule has 0 bridgehead atoms. The van der Waals surface area contributed by atoms with Gasteiger partial charge in [-0.25, -0.2) is 0 Å².